The van der Waals surface area contributed by atoms with E-state index in [1.165, 1.54) is 7.11 Å². The number of hydrogen-bond acceptors (Lipinski definition) is 6. The summed E-state index contributed by atoms with van der Waals surface area (Å²) >= 11 is 5.71. The molecule has 4 aromatic rings. The average molecular weight is 541 g/mol. The second-order valence-electron chi connectivity index (χ2n) is 9.22. The molecule has 198 valence electrons. The number of aromatic nitrogens is 1. The van der Waals surface area contributed by atoms with Crippen LogP contribution in [0, 0.1) is 6.92 Å². The molecule has 1 saturated heterocycles. The third-order valence-electron chi connectivity index (χ3n) is 6.63. The fourth-order valence-electron chi connectivity index (χ4n) is 4.68. The molecule has 1 amide bonds. The van der Waals surface area contributed by atoms with Crippen molar-refractivity contribution in [3.63, 3.8) is 0 Å². The van der Waals surface area contributed by atoms with Gasteiger partial charge in [-0.05, 0) is 61.6 Å². The number of rotatable bonds is 8. The van der Waals surface area contributed by atoms with Gasteiger partial charge in [-0.1, -0.05) is 42.0 Å². The summed E-state index contributed by atoms with van der Waals surface area (Å²) in [7, 11) is 1.35. The third kappa shape index (κ3) is 5.68. The Kier molecular flexibility index (Phi) is 7.69. The largest absolute Gasteiger partial charge is 0.465 e. The number of esters is 1. The van der Waals surface area contributed by atoms with Crippen LogP contribution in [0.15, 0.2) is 89.5 Å². The van der Waals surface area contributed by atoms with E-state index < -0.39 is 5.97 Å². The van der Waals surface area contributed by atoms with Crippen LogP contribution < -0.4 is 10.6 Å². The van der Waals surface area contributed by atoms with Crippen LogP contribution in [0.1, 0.15) is 45.9 Å². The van der Waals surface area contributed by atoms with Crippen LogP contribution in [-0.4, -0.2) is 40.5 Å². The molecule has 0 saturated carbocycles. The number of carbonyl (C=O) groups is 2. The lowest BCUT2D eigenvalue weighted by Crippen LogP contribution is -2.32. The number of benzene rings is 2. The predicted molar refractivity (Wildman–Crippen MR) is 152 cm³/mol. The van der Waals surface area contributed by atoms with Crippen molar-refractivity contribution in [1.29, 1.82) is 0 Å². The fraction of sp³-hybridized carbons (Fsp3) is 0.200. The lowest BCUT2D eigenvalue weighted by Gasteiger charge is -2.25. The van der Waals surface area contributed by atoms with Crippen LogP contribution in [0.4, 0.5) is 5.69 Å². The topological polar surface area (TPSA) is 96.7 Å². The van der Waals surface area contributed by atoms with Gasteiger partial charge in [-0.15, -0.1) is 0 Å². The van der Waals surface area contributed by atoms with Crippen molar-refractivity contribution < 1.29 is 18.7 Å². The quantitative estimate of drug-likeness (QED) is 0.225. The molecule has 3 heterocycles. The Morgan fingerprint density at radius 3 is 2.56 bits per heavy atom. The number of furan rings is 1. The zero-order chi connectivity index (χ0) is 27.4. The van der Waals surface area contributed by atoms with Gasteiger partial charge in [-0.25, -0.2) is 4.79 Å². The maximum Gasteiger partial charge on any atom is 0.338 e. The van der Waals surface area contributed by atoms with Crippen molar-refractivity contribution >= 4 is 34.9 Å². The van der Waals surface area contributed by atoms with E-state index in [0.717, 1.165) is 16.9 Å². The number of nitrogens with zero attached hydrogens (tertiary/aromatic N) is 2. The van der Waals surface area contributed by atoms with Gasteiger partial charge < -0.3 is 24.7 Å². The number of pyridine rings is 1. The lowest BCUT2D eigenvalue weighted by atomic mass is 10.0. The van der Waals surface area contributed by atoms with E-state index >= 15 is 0 Å². The summed E-state index contributed by atoms with van der Waals surface area (Å²) in [6.45, 7) is 2.37. The number of nitrogens with one attached hydrogen (secondary N) is 2. The molecule has 1 fully saturated rings. The molecule has 5 rings (SSSR count). The van der Waals surface area contributed by atoms with Crippen LogP contribution in [0.2, 0.25) is 0 Å². The van der Waals surface area contributed by atoms with Crippen LogP contribution in [0.3, 0.4) is 0 Å². The maximum absolute atomic E-state index is 12.8. The first-order chi connectivity index (χ1) is 18.9. The summed E-state index contributed by atoms with van der Waals surface area (Å²) in [4.78, 5) is 31.6. The summed E-state index contributed by atoms with van der Waals surface area (Å²) in [5.41, 5.74) is 3.70. The second kappa shape index (κ2) is 11.5. The Morgan fingerprint density at radius 1 is 1.05 bits per heavy atom. The zero-order valence-corrected chi connectivity index (χ0v) is 22.4. The van der Waals surface area contributed by atoms with Gasteiger partial charge in [0.05, 0.1) is 24.4 Å². The average Bonchev–Trinajstić information content (AvgIpc) is 3.57. The third-order valence-corrected chi connectivity index (χ3v) is 6.98. The lowest BCUT2D eigenvalue weighted by molar-refractivity contribution is -0.116. The van der Waals surface area contributed by atoms with Gasteiger partial charge in [0.2, 0.25) is 5.91 Å². The standard InChI is InChI=1S/C30H28N4O4S/c1-19-10-12-20(13-11-19)32-26(35)16-18-34-28(27(33-30(34)39)23-9-5-6-17-31-23)25-15-14-24(38-25)21-7-3-4-8-22(21)29(36)37-2/h3-15,17,27-28H,16,18H2,1-2H3,(H,32,35)(H,33,39). The number of aryl methyl sites for hydroxylation is 1. The summed E-state index contributed by atoms with van der Waals surface area (Å²) < 4.78 is 11.3. The predicted octanol–water partition coefficient (Wildman–Crippen LogP) is 5.44. The van der Waals surface area contributed by atoms with Crippen molar-refractivity contribution in [3.05, 3.63) is 108 Å². The minimum Gasteiger partial charge on any atom is -0.465 e. The van der Waals surface area contributed by atoms with Gasteiger partial charge in [-0.3, -0.25) is 9.78 Å². The van der Waals surface area contributed by atoms with Gasteiger partial charge in [0, 0.05) is 30.4 Å². The number of ether oxygens (including phenoxy) is 1. The van der Waals surface area contributed by atoms with Gasteiger partial charge >= 0.3 is 5.97 Å². The van der Waals surface area contributed by atoms with Gasteiger partial charge in [0.15, 0.2) is 5.11 Å². The molecule has 0 bridgehead atoms. The highest BCUT2D eigenvalue weighted by Crippen LogP contribution is 2.41. The number of amides is 1. The summed E-state index contributed by atoms with van der Waals surface area (Å²) in [6.07, 6.45) is 1.95. The second-order valence-corrected chi connectivity index (χ2v) is 9.61. The first kappa shape index (κ1) is 26.1. The van der Waals surface area contributed by atoms with Crippen molar-refractivity contribution in [3.8, 4) is 11.3 Å². The Labute approximate surface area is 232 Å². The van der Waals surface area contributed by atoms with E-state index in [0.29, 0.717) is 34.3 Å². The first-order valence-electron chi connectivity index (χ1n) is 12.6. The highest BCUT2D eigenvalue weighted by Gasteiger charge is 2.41. The van der Waals surface area contributed by atoms with E-state index in [-0.39, 0.29) is 24.4 Å². The van der Waals surface area contributed by atoms with Crippen LogP contribution >= 0.6 is 12.2 Å². The molecular weight excluding hydrogens is 512 g/mol. The Hall–Kier alpha value is -4.50. The number of thiocarbonyl (C=S) groups is 1. The Morgan fingerprint density at radius 2 is 1.82 bits per heavy atom. The van der Waals surface area contributed by atoms with Crippen LogP contribution in [0.25, 0.3) is 11.3 Å². The van der Waals surface area contributed by atoms with E-state index in [1.807, 2.05) is 78.6 Å². The number of anilines is 1. The van der Waals surface area contributed by atoms with E-state index in [1.54, 1.807) is 18.3 Å². The molecule has 2 N–H and O–H groups in total. The molecule has 2 aromatic carbocycles. The molecule has 39 heavy (non-hydrogen) atoms. The van der Waals surface area contributed by atoms with Gasteiger partial charge in [-0.2, -0.15) is 0 Å². The van der Waals surface area contributed by atoms with Crippen LogP contribution in [-0.2, 0) is 9.53 Å². The molecule has 2 aromatic heterocycles. The summed E-state index contributed by atoms with van der Waals surface area (Å²) in [5.74, 6) is 0.598. The smallest absolute Gasteiger partial charge is 0.338 e. The molecule has 9 heteroatoms. The molecule has 8 nitrogen and oxygen atoms in total. The first-order valence-corrected chi connectivity index (χ1v) is 13.0. The highest BCUT2D eigenvalue weighted by molar-refractivity contribution is 7.80. The molecule has 0 radical (unpaired) electrons. The summed E-state index contributed by atoms with van der Waals surface area (Å²) in [6, 6.07) is 23.5. The Balaban J connectivity index is 1.42. The molecule has 2 unspecified atom stereocenters. The van der Waals surface area contributed by atoms with Crippen molar-refractivity contribution in [2.45, 2.75) is 25.4 Å². The van der Waals surface area contributed by atoms with Crippen LogP contribution in [0.5, 0.6) is 0 Å². The minimum absolute atomic E-state index is 0.117. The molecule has 0 aliphatic carbocycles. The zero-order valence-electron chi connectivity index (χ0n) is 21.6. The van der Waals surface area contributed by atoms with Gasteiger partial charge in [0.25, 0.3) is 0 Å². The monoisotopic (exact) mass is 540 g/mol. The van der Waals surface area contributed by atoms with Crippen molar-refractivity contribution in [2.24, 2.45) is 0 Å². The van der Waals surface area contributed by atoms with E-state index in [4.69, 9.17) is 21.4 Å². The number of methoxy groups -OCH3 is 1. The fourth-order valence-corrected chi connectivity index (χ4v) is 5.01. The minimum atomic E-state index is -0.445. The SMILES string of the molecule is COC(=O)c1ccccc1-c1ccc(C2C(c3ccccn3)NC(=S)N2CCC(=O)Nc2ccc(C)cc2)o1. The van der Waals surface area contributed by atoms with Crippen molar-refractivity contribution in [2.75, 3.05) is 19.0 Å². The number of carbonyl (C=O) groups excluding carboxylic acids is 2. The number of hydrogen-bond donors (Lipinski definition) is 2. The Bertz CT molecular complexity index is 1490. The van der Waals surface area contributed by atoms with Gasteiger partial charge in [0.1, 0.15) is 17.6 Å². The molecule has 1 aliphatic heterocycles. The molecular formula is C30H28N4O4S. The van der Waals surface area contributed by atoms with E-state index in [2.05, 4.69) is 15.6 Å². The molecule has 0 spiro atoms. The molecule has 2 atom stereocenters. The molecule has 1 aliphatic rings. The van der Waals surface area contributed by atoms with E-state index in [9.17, 15) is 9.59 Å². The maximum atomic E-state index is 12.8. The normalized spacial score (nSPS) is 16.6. The summed E-state index contributed by atoms with van der Waals surface area (Å²) in [5, 5.41) is 6.82. The highest BCUT2D eigenvalue weighted by atomic mass is 32.1. The van der Waals surface area contributed by atoms with Crippen molar-refractivity contribution in [1.82, 2.24) is 15.2 Å².